The molecule has 1 fully saturated rings. The zero-order valence-electron chi connectivity index (χ0n) is 11.0. The van der Waals surface area contributed by atoms with E-state index in [1.807, 2.05) is 19.1 Å². The third-order valence-electron chi connectivity index (χ3n) is 3.57. The molecule has 1 heterocycles. The van der Waals surface area contributed by atoms with Gasteiger partial charge in [0.15, 0.2) is 0 Å². The normalized spacial score (nSPS) is 22.6. The lowest BCUT2D eigenvalue weighted by atomic mass is 9.92. The Morgan fingerprint density at radius 2 is 2.15 bits per heavy atom. The number of carbonyl (C=O) groups is 2. The zero-order chi connectivity index (χ0) is 14.9. The molecule has 2 atom stereocenters. The van der Waals surface area contributed by atoms with Gasteiger partial charge in [0.25, 0.3) is 5.91 Å². The van der Waals surface area contributed by atoms with Crippen molar-refractivity contribution >= 4 is 50.4 Å². The summed E-state index contributed by atoms with van der Waals surface area (Å²) in [6.07, 6.45) is 1.37. The van der Waals surface area contributed by atoms with E-state index in [1.54, 1.807) is 6.07 Å². The van der Waals surface area contributed by atoms with Gasteiger partial charge in [0.1, 0.15) is 6.04 Å². The third-order valence-corrected chi connectivity index (χ3v) is 5.00. The Bertz CT molecular complexity index is 549. The van der Waals surface area contributed by atoms with Crippen LogP contribution in [-0.4, -0.2) is 34.5 Å². The molecule has 0 aliphatic carbocycles. The van der Waals surface area contributed by atoms with Gasteiger partial charge in [-0.3, -0.25) is 4.79 Å². The second kappa shape index (κ2) is 6.43. The van der Waals surface area contributed by atoms with Crippen LogP contribution in [0.25, 0.3) is 0 Å². The Morgan fingerprint density at radius 3 is 2.80 bits per heavy atom. The smallest absolute Gasteiger partial charge is 0.326 e. The zero-order valence-corrected chi connectivity index (χ0v) is 14.7. The number of nitrogens with zero attached hydrogens (tertiary/aromatic N) is 1. The standard InChI is InChI=1S/C14H15BrINO3/c1-8-4-5-17(12(6-8)14(19)20)13(18)10-7-9(15)2-3-11(10)16/h2-3,7-8,12H,4-6H2,1H3,(H,19,20). The largest absolute Gasteiger partial charge is 0.480 e. The molecule has 1 N–H and O–H groups in total. The average molecular weight is 452 g/mol. The van der Waals surface area contributed by atoms with Crippen LogP contribution in [0.15, 0.2) is 22.7 Å². The minimum Gasteiger partial charge on any atom is -0.480 e. The summed E-state index contributed by atoms with van der Waals surface area (Å²) >= 11 is 5.45. The van der Waals surface area contributed by atoms with Gasteiger partial charge < -0.3 is 10.0 Å². The highest BCUT2D eigenvalue weighted by Gasteiger charge is 2.35. The van der Waals surface area contributed by atoms with Crippen molar-refractivity contribution in [3.63, 3.8) is 0 Å². The molecule has 1 aromatic rings. The number of hydrogen-bond acceptors (Lipinski definition) is 2. The maximum absolute atomic E-state index is 12.6. The molecule has 0 bridgehead atoms. The number of benzene rings is 1. The van der Waals surface area contributed by atoms with Crippen LogP contribution in [0.3, 0.4) is 0 Å². The Hall–Kier alpha value is -0.630. The minimum atomic E-state index is -0.921. The van der Waals surface area contributed by atoms with Gasteiger partial charge in [-0.05, 0) is 59.5 Å². The van der Waals surface area contributed by atoms with Crippen molar-refractivity contribution in [1.29, 1.82) is 0 Å². The molecule has 6 heteroatoms. The van der Waals surface area contributed by atoms with Crippen LogP contribution in [-0.2, 0) is 4.79 Å². The van der Waals surface area contributed by atoms with Gasteiger partial charge in [0, 0.05) is 14.6 Å². The fraction of sp³-hybridized carbons (Fsp3) is 0.429. The van der Waals surface area contributed by atoms with E-state index in [9.17, 15) is 14.7 Å². The van der Waals surface area contributed by atoms with Crippen molar-refractivity contribution in [3.05, 3.63) is 31.8 Å². The van der Waals surface area contributed by atoms with Crippen molar-refractivity contribution in [2.75, 3.05) is 6.54 Å². The average Bonchev–Trinajstić information content (AvgIpc) is 2.40. The van der Waals surface area contributed by atoms with Crippen molar-refractivity contribution in [3.8, 4) is 0 Å². The van der Waals surface area contributed by atoms with Gasteiger partial charge in [-0.15, -0.1) is 0 Å². The summed E-state index contributed by atoms with van der Waals surface area (Å²) in [5.41, 5.74) is 0.556. The molecule has 1 aromatic carbocycles. The van der Waals surface area contributed by atoms with Crippen LogP contribution in [0.4, 0.5) is 0 Å². The summed E-state index contributed by atoms with van der Waals surface area (Å²) in [5.74, 6) is -0.786. The molecule has 0 radical (unpaired) electrons. The molecule has 1 aliphatic heterocycles. The highest BCUT2D eigenvalue weighted by Crippen LogP contribution is 2.27. The summed E-state index contributed by atoms with van der Waals surface area (Å²) in [4.78, 5) is 25.5. The Morgan fingerprint density at radius 1 is 1.45 bits per heavy atom. The highest BCUT2D eigenvalue weighted by molar-refractivity contribution is 14.1. The monoisotopic (exact) mass is 451 g/mol. The molecule has 2 unspecified atom stereocenters. The summed E-state index contributed by atoms with van der Waals surface area (Å²) in [6, 6.07) is 4.74. The van der Waals surface area contributed by atoms with Gasteiger partial charge in [0.2, 0.25) is 0 Å². The lowest BCUT2D eigenvalue weighted by Gasteiger charge is -2.36. The SMILES string of the molecule is CC1CCN(C(=O)c2cc(Br)ccc2I)C(C(=O)O)C1. The Balaban J connectivity index is 2.31. The van der Waals surface area contributed by atoms with Gasteiger partial charge in [0.05, 0.1) is 5.56 Å². The van der Waals surface area contributed by atoms with Crippen LogP contribution in [0, 0.1) is 9.49 Å². The van der Waals surface area contributed by atoms with Crippen molar-refractivity contribution in [2.24, 2.45) is 5.92 Å². The minimum absolute atomic E-state index is 0.199. The fourth-order valence-electron chi connectivity index (χ4n) is 2.43. The number of amides is 1. The molecule has 2 rings (SSSR count). The molecular weight excluding hydrogens is 437 g/mol. The number of piperidine rings is 1. The number of likely N-dealkylation sites (tertiary alicyclic amines) is 1. The van der Waals surface area contributed by atoms with E-state index in [4.69, 9.17) is 0 Å². The second-order valence-corrected chi connectivity index (χ2v) is 7.18. The number of hydrogen-bond donors (Lipinski definition) is 1. The highest BCUT2D eigenvalue weighted by atomic mass is 127. The summed E-state index contributed by atoms with van der Waals surface area (Å²) < 4.78 is 1.65. The first kappa shape index (κ1) is 15.8. The molecule has 0 spiro atoms. The maximum atomic E-state index is 12.6. The number of carbonyl (C=O) groups excluding carboxylic acids is 1. The maximum Gasteiger partial charge on any atom is 0.326 e. The molecule has 108 valence electrons. The second-order valence-electron chi connectivity index (χ2n) is 5.11. The molecular formula is C14H15BrINO3. The van der Waals surface area contributed by atoms with Crippen LogP contribution in [0.2, 0.25) is 0 Å². The molecule has 20 heavy (non-hydrogen) atoms. The van der Waals surface area contributed by atoms with E-state index in [0.29, 0.717) is 24.4 Å². The third kappa shape index (κ3) is 3.33. The van der Waals surface area contributed by atoms with Crippen LogP contribution < -0.4 is 0 Å². The molecule has 1 aliphatic rings. The van der Waals surface area contributed by atoms with E-state index in [0.717, 1.165) is 14.5 Å². The molecule has 1 saturated heterocycles. The summed E-state index contributed by atoms with van der Waals surface area (Å²) in [7, 11) is 0. The van der Waals surface area contributed by atoms with E-state index in [2.05, 4.69) is 38.5 Å². The van der Waals surface area contributed by atoms with E-state index in [1.165, 1.54) is 4.90 Å². The lowest BCUT2D eigenvalue weighted by molar-refractivity contribution is -0.144. The number of carboxylic acids is 1. The first-order chi connectivity index (χ1) is 9.40. The van der Waals surface area contributed by atoms with E-state index < -0.39 is 12.0 Å². The topological polar surface area (TPSA) is 57.6 Å². The van der Waals surface area contributed by atoms with Crippen molar-refractivity contribution in [2.45, 2.75) is 25.8 Å². The predicted molar refractivity (Wildman–Crippen MR) is 87.7 cm³/mol. The number of rotatable bonds is 2. The van der Waals surface area contributed by atoms with E-state index >= 15 is 0 Å². The number of carboxylic acid groups (broad SMARTS) is 1. The van der Waals surface area contributed by atoms with Gasteiger partial charge in [-0.25, -0.2) is 4.79 Å². The molecule has 0 aromatic heterocycles. The number of aliphatic carboxylic acids is 1. The molecule has 0 saturated carbocycles. The first-order valence-electron chi connectivity index (χ1n) is 6.39. The molecule has 1 amide bonds. The Labute approximate surface area is 139 Å². The van der Waals surface area contributed by atoms with Crippen LogP contribution in [0.1, 0.15) is 30.1 Å². The van der Waals surface area contributed by atoms with Crippen LogP contribution in [0.5, 0.6) is 0 Å². The van der Waals surface area contributed by atoms with Gasteiger partial charge in [-0.1, -0.05) is 22.9 Å². The van der Waals surface area contributed by atoms with Gasteiger partial charge >= 0.3 is 5.97 Å². The Kier molecular flexibility index (Phi) is 5.06. The van der Waals surface area contributed by atoms with Crippen molar-refractivity contribution in [1.82, 2.24) is 4.90 Å². The molecule has 4 nitrogen and oxygen atoms in total. The summed E-state index contributed by atoms with van der Waals surface area (Å²) in [5, 5.41) is 9.34. The van der Waals surface area contributed by atoms with Crippen LogP contribution >= 0.6 is 38.5 Å². The quantitative estimate of drug-likeness (QED) is 0.701. The van der Waals surface area contributed by atoms with Gasteiger partial charge in [-0.2, -0.15) is 0 Å². The van der Waals surface area contributed by atoms with E-state index in [-0.39, 0.29) is 5.91 Å². The predicted octanol–water partition coefficient (Wildman–Crippen LogP) is 3.38. The van der Waals surface area contributed by atoms with Crippen molar-refractivity contribution < 1.29 is 14.7 Å². The number of halogens is 2. The first-order valence-corrected chi connectivity index (χ1v) is 8.26. The lowest BCUT2D eigenvalue weighted by Crippen LogP contribution is -2.49. The summed E-state index contributed by atoms with van der Waals surface area (Å²) in [6.45, 7) is 2.53. The fourth-order valence-corrected chi connectivity index (χ4v) is 3.36.